The number of hydrogen-bond donors (Lipinski definition) is 2. The monoisotopic (exact) mass is 416 g/mol. The highest BCUT2D eigenvalue weighted by atomic mass is 19.4. The predicted molar refractivity (Wildman–Crippen MR) is 100 cm³/mol. The van der Waals surface area contributed by atoms with Crippen LogP contribution in [0.3, 0.4) is 0 Å². The van der Waals surface area contributed by atoms with Gasteiger partial charge in [0.2, 0.25) is 5.91 Å². The Morgan fingerprint density at radius 1 is 1.24 bits per heavy atom. The fourth-order valence-corrected chi connectivity index (χ4v) is 3.49. The van der Waals surface area contributed by atoms with Crippen LogP contribution in [0, 0.1) is 12.8 Å². The minimum absolute atomic E-state index is 0.00965. The zero-order valence-electron chi connectivity index (χ0n) is 16.7. The van der Waals surface area contributed by atoms with Crippen molar-refractivity contribution in [3.8, 4) is 0 Å². The van der Waals surface area contributed by atoms with Crippen molar-refractivity contribution >= 4 is 11.9 Å². The van der Waals surface area contributed by atoms with Crippen LogP contribution in [0.4, 0.5) is 13.2 Å². The summed E-state index contributed by atoms with van der Waals surface area (Å²) < 4.78 is 37.7. The second-order valence-electron chi connectivity index (χ2n) is 7.78. The Kier molecular flexibility index (Phi) is 7.65. The number of ether oxygens (including phenoxy) is 1. The van der Waals surface area contributed by atoms with Gasteiger partial charge in [-0.15, -0.1) is 0 Å². The number of alkyl halides is 3. The molecule has 2 bridgehead atoms. The molecule has 29 heavy (non-hydrogen) atoms. The van der Waals surface area contributed by atoms with E-state index in [1.54, 1.807) is 0 Å². The Labute approximate surface area is 168 Å². The molecule has 6 nitrogen and oxygen atoms in total. The van der Waals surface area contributed by atoms with E-state index in [1.807, 2.05) is 13.8 Å². The molecule has 0 radical (unpaired) electrons. The van der Waals surface area contributed by atoms with Gasteiger partial charge in [0, 0.05) is 25.7 Å². The predicted octanol–water partition coefficient (Wildman–Crippen LogP) is 2.74. The number of likely N-dealkylation sites (tertiary alicyclic amines) is 1. The van der Waals surface area contributed by atoms with Crippen molar-refractivity contribution in [2.75, 3.05) is 13.1 Å². The summed E-state index contributed by atoms with van der Waals surface area (Å²) in [6, 6.07) is 8.88. The summed E-state index contributed by atoms with van der Waals surface area (Å²) in [6.45, 7) is 8.83. The molecule has 0 unspecified atom stereocenters. The fraction of sp³-hybridized carbons (Fsp3) is 0.600. The van der Waals surface area contributed by atoms with Crippen LogP contribution >= 0.6 is 0 Å². The van der Waals surface area contributed by atoms with Gasteiger partial charge in [-0.1, -0.05) is 29.8 Å². The van der Waals surface area contributed by atoms with Crippen molar-refractivity contribution in [2.45, 2.75) is 58.2 Å². The summed E-state index contributed by atoms with van der Waals surface area (Å²) in [7, 11) is 0. The number of aliphatic carboxylic acids is 1. The van der Waals surface area contributed by atoms with Crippen LogP contribution in [0.2, 0.25) is 0 Å². The van der Waals surface area contributed by atoms with E-state index >= 15 is 0 Å². The smallest absolute Gasteiger partial charge is 0.475 e. The third-order valence-corrected chi connectivity index (χ3v) is 4.77. The SMILES string of the molecule is Cc1ccc(CN2C[C@H]3C[C@H](C(=O)NC(C)C)[C@@H](C2)O3)cc1.O=C(O)C(F)(F)F. The number of amides is 1. The standard InChI is InChI=1S/C18H26N2O2.C2HF3O2/c1-12(2)19-18(21)16-8-15-10-20(11-17(16)22-15)9-14-6-4-13(3)5-7-14;3-2(4,5)1(6)7/h4-7,12,15-17H,8-11H2,1-3H3,(H,19,21);(H,6,7)/t15-,16+,17-;/m1./s1. The Morgan fingerprint density at radius 3 is 2.34 bits per heavy atom. The van der Waals surface area contributed by atoms with E-state index in [4.69, 9.17) is 14.6 Å². The summed E-state index contributed by atoms with van der Waals surface area (Å²) in [6.07, 6.45) is -3.98. The molecule has 0 spiro atoms. The maximum atomic E-state index is 12.3. The number of rotatable bonds is 4. The fourth-order valence-electron chi connectivity index (χ4n) is 3.49. The molecule has 162 valence electrons. The second kappa shape index (κ2) is 9.58. The number of carbonyl (C=O) groups excluding carboxylic acids is 1. The molecule has 3 rings (SSSR count). The van der Waals surface area contributed by atoms with E-state index in [1.165, 1.54) is 11.1 Å². The van der Waals surface area contributed by atoms with Crippen LogP contribution in [-0.2, 0) is 20.9 Å². The Hall–Kier alpha value is -2.13. The lowest BCUT2D eigenvalue weighted by molar-refractivity contribution is -0.192. The molecule has 2 saturated heterocycles. The van der Waals surface area contributed by atoms with E-state index in [0.29, 0.717) is 0 Å². The molecule has 1 aromatic carbocycles. The summed E-state index contributed by atoms with van der Waals surface area (Å²) in [4.78, 5) is 23.6. The van der Waals surface area contributed by atoms with Crippen LogP contribution in [-0.4, -0.2) is 59.4 Å². The van der Waals surface area contributed by atoms with E-state index in [0.717, 1.165) is 26.1 Å². The van der Waals surface area contributed by atoms with Gasteiger partial charge in [-0.2, -0.15) is 13.2 Å². The normalized spacial score (nSPS) is 24.0. The van der Waals surface area contributed by atoms with Crippen molar-refractivity contribution in [1.29, 1.82) is 0 Å². The lowest BCUT2D eigenvalue weighted by Crippen LogP contribution is -2.45. The maximum Gasteiger partial charge on any atom is 0.490 e. The number of nitrogens with one attached hydrogen (secondary N) is 1. The summed E-state index contributed by atoms with van der Waals surface area (Å²) in [5, 5.41) is 10.2. The number of carboxylic acid groups (broad SMARTS) is 1. The Balaban J connectivity index is 0.000000370. The quantitative estimate of drug-likeness (QED) is 0.789. The zero-order valence-corrected chi connectivity index (χ0v) is 16.7. The van der Waals surface area contributed by atoms with Crippen LogP contribution in [0.5, 0.6) is 0 Å². The van der Waals surface area contributed by atoms with Crippen LogP contribution in [0.1, 0.15) is 31.4 Å². The molecule has 2 aliphatic heterocycles. The van der Waals surface area contributed by atoms with Crippen molar-refractivity contribution < 1.29 is 32.6 Å². The molecule has 2 aliphatic rings. The van der Waals surface area contributed by atoms with Gasteiger partial charge < -0.3 is 15.2 Å². The van der Waals surface area contributed by atoms with E-state index in [2.05, 4.69) is 41.4 Å². The maximum absolute atomic E-state index is 12.3. The van der Waals surface area contributed by atoms with Crippen LogP contribution in [0.15, 0.2) is 24.3 Å². The van der Waals surface area contributed by atoms with Gasteiger partial charge in [0.25, 0.3) is 0 Å². The largest absolute Gasteiger partial charge is 0.490 e. The minimum atomic E-state index is -5.08. The van der Waals surface area contributed by atoms with Crippen molar-refractivity contribution in [3.63, 3.8) is 0 Å². The highest BCUT2D eigenvalue weighted by molar-refractivity contribution is 5.80. The number of carboxylic acids is 1. The van der Waals surface area contributed by atoms with Gasteiger partial charge in [0.05, 0.1) is 18.1 Å². The number of carbonyl (C=O) groups is 2. The number of fused-ring (bicyclic) bond motifs is 2. The molecule has 0 aliphatic carbocycles. The summed E-state index contributed by atoms with van der Waals surface area (Å²) in [5.41, 5.74) is 2.62. The molecule has 1 aromatic rings. The number of benzene rings is 1. The van der Waals surface area contributed by atoms with Crippen LogP contribution < -0.4 is 5.32 Å². The van der Waals surface area contributed by atoms with Gasteiger partial charge in [0.1, 0.15) is 0 Å². The molecular weight excluding hydrogens is 389 g/mol. The molecule has 9 heteroatoms. The van der Waals surface area contributed by atoms with Gasteiger partial charge in [-0.25, -0.2) is 4.79 Å². The average Bonchev–Trinajstić information content (AvgIpc) is 2.90. The highest BCUT2D eigenvalue weighted by Gasteiger charge is 2.44. The first kappa shape index (κ1) is 23.2. The number of morpholine rings is 1. The molecule has 0 aromatic heterocycles. The van der Waals surface area contributed by atoms with Gasteiger partial charge >= 0.3 is 12.1 Å². The van der Waals surface area contributed by atoms with E-state index < -0.39 is 12.1 Å². The zero-order chi connectivity index (χ0) is 21.8. The molecule has 2 fully saturated rings. The molecule has 2 heterocycles. The molecule has 1 amide bonds. The minimum Gasteiger partial charge on any atom is -0.475 e. The highest BCUT2D eigenvalue weighted by Crippen LogP contribution is 2.32. The second-order valence-corrected chi connectivity index (χ2v) is 7.78. The van der Waals surface area contributed by atoms with Gasteiger partial charge in [-0.05, 0) is 32.8 Å². The van der Waals surface area contributed by atoms with E-state index in [9.17, 15) is 18.0 Å². The van der Waals surface area contributed by atoms with Crippen molar-refractivity contribution in [2.24, 2.45) is 5.92 Å². The Bertz CT molecular complexity index is 707. The van der Waals surface area contributed by atoms with Crippen LogP contribution in [0.25, 0.3) is 0 Å². The van der Waals surface area contributed by atoms with Gasteiger partial charge in [-0.3, -0.25) is 9.69 Å². The first-order valence-electron chi connectivity index (χ1n) is 9.49. The lowest BCUT2D eigenvalue weighted by atomic mass is 9.99. The number of hydrogen-bond acceptors (Lipinski definition) is 4. The number of aryl methyl sites for hydroxylation is 1. The van der Waals surface area contributed by atoms with Crippen molar-refractivity contribution in [3.05, 3.63) is 35.4 Å². The third-order valence-electron chi connectivity index (χ3n) is 4.77. The third kappa shape index (κ3) is 7.01. The number of nitrogens with zero attached hydrogens (tertiary/aromatic N) is 1. The summed E-state index contributed by atoms with van der Waals surface area (Å²) in [5.74, 6) is -2.59. The molecular formula is C20H27F3N2O4. The first-order chi connectivity index (χ1) is 13.5. The molecule has 2 N–H and O–H groups in total. The van der Waals surface area contributed by atoms with Crippen molar-refractivity contribution in [1.82, 2.24) is 10.2 Å². The summed E-state index contributed by atoms with van der Waals surface area (Å²) >= 11 is 0. The molecule has 3 atom stereocenters. The average molecular weight is 416 g/mol. The van der Waals surface area contributed by atoms with Gasteiger partial charge in [0.15, 0.2) is 0 Å². The first-order valence-corrected chi connectivity index (χ1v) is 9.49. The lowest BCUT2D eigenvalue weighted by Gasteiger charge is -2.32. The van der Waals surface area contributed by atoms with E-state index in [-0.39, 0.29) is 30.1 Å². The Morgan fingerprint density at radius 2 is 1.83 bits per heavy atom. The molecule has 0 saturated carbocycles. The topological polar surface area (TPSA) is 78.9 Å². The number of halogens is 3.